The van der Waals surface area contributed by atoms with Gasteiger partial charge in [0, 0.05) is 69.3 Å². The summed E-state index contributed by atoms with van der Waals surface area (Å²) in [5.41, 5.74) is 2.57. The highest BCUT2D eigenvalue weighted by atomic mass is 16.5. The maximum absolute atomic E-state index is 5.94. The van der Waals surface area contributed by atoms with Crippen LogP contribution in [0.4, 0.5) is 11.9 Å². The van der Waals surface area contributed by atoms with Crippen molar-refractivity contribution >= 4 is 11.9 Å². The fourth-order valence-electron chi connectivity index (χ4n) is 3.77. The molecule has 2 saturated heterocycles. The van der Waals surface area contributed by atoms with Crippen LogP contribution < -0.4 is 9.80 Å². The third-order valence-electron chi connectivity index (χ3n) is 5.28. The molecule has 148 valence electrons. The number of aromatic nitrogens is 6. The fraction of sp³-hybridized carbons (Fsp3) is 0.400. The van der Waals surface area contributed by atoms with Crippen LogP contribution in [-0.4, -0.2) is 62.7 Å². The number of piperazine rings is 1. The summed E-state index contributed by atoms with van der Waals surface area (Å²) in [5, 5.41) is 0. The largest absolute Gasteiger partial charge is 0.372 e. The predicted octanol–water partition coefficient (Wildman–Crippen LogP) is 1.90. The van der Waals surface area contributed by atoms with Crippen LogP contribution in [0.5, 0.6) is 0 Å². The lowest BCUT2D eigenvalue weighted by molar-refractivity contribution is 0.109. The van der Waals surface area contributed by atoms with Gasteiger partial charge in [-0.3, -0.25) is 9.97 Å². The minimum atomic E-state index is -0.0206. The Balaban J connectivity index is 1.39. The SMILES string of the molecule is c1cnc(N2CCN(c3ncc(-c4cnccn4)c([C@@H]4CCCO4)n3)CC2)nc1. The number of hydrogen-bond donors (Lipinski definition) is 0. The second kappa shape index (κ2) is 8.04. The molecule has 1 atom stereocenters. The molecule has 9 nitrogen and oxygen atoms in total. The third-order valence-corrected chi connectivity index (χ3v) is 5.28. The highest BCUT2D eigenvalue weighted by molar-refractivity contribution is 5.61. The maximum atomic E-state index is 5.94. The molecule has 29 heavy (non-hydrogen) atoms. The smallest absolute Gasteiger partial charge is 0.225 e. The van der Waals surface area contributed by atoms with E-state index in [4.69, 9.17) is 9.72 Å². The second-order valence-electron chi connectivity index (χ2n) is 7.08. The van der Waals surface area contributed by atoms with Crippen LogP contribution >= 0.6 is 0 Å². The Morgan fingerprint density at radius 1 is 0.828 bits per heavy atom. The van der Waals surface area contributed by atoms with Crippen molar-refractivity contribution in [1.82, 2.24) is 29.9 Å². The normalized spacial score (nSPS) is 19.5. The van der Waals surface area contributed by atoms with E-state index in [1.165, 1.54) is 0 Å². The number of nitrogens with zero attached hydrogens (tertiary/aromatic N) is 8. The summed E-state index contributed by atoms with van der Waals surface area (Å²) in [6.45, 7) is 4.05. The molecule has 0 radical (unpaired) electrons. The molecule has 0 bridgehead atoms. The summed E-state index contributed by atoms with van der Waals surface area (Å²) in [5.74, 6) is 1.50. The molecular weight excluding hydrogens is 368 g/mol. The van der Waals surface area contributed by atoms with Gasteiger partial charge in [0.15, 0.2) is 0 Å². The number of ether oxygens (including phenoxy) is 1. The van der Waals surface area contributed by atoms with Gasteiger partial charge in [0.2, 0.25) is 11.9 Å². The molecule has 3 aromatic heterocycles. The van der Waals surface area contributed by atoms with E-state index >= 15 is 0 Å². The molecule has 2 aliphatic rings. The minimum absolute atomic E-state index is 0.0206. The lowest BCUT2D eigenvalue weighted by Gasteiger charge is -2.35. The van der Waals surface area contributed by atoms with Crippen LogP contribution in [0.3, 0.4) is 0 Å². The lowest BCUT2D eigenvalue weighted by Crippen LogP contribution is -2.47. The quantitative estimate of drug-likeness (QED) is 0.662. The maximum Gasteiger partial charge on any atom is 0.225 e. The first-order valence-corrected chi connectivity index (χ1v) is 9.90. The number of hydrogen-bond acceptors (Lipinski definition) is 9. The molecule has 0 spiro atoms. The number of rotatable bonds is 4. The zero-order valence-corrected chi connectivity index (χ0v) is 16.1. The summed E-state index contributed by atoms with van der Waals surface area (Å²) in [7, 11) is 0. The van der Waals surface area contributed by atoms with Gasteiger partial charge >= 0.3 is 0 Å². The molecule has 2 fully saturated rings. The first-order valence-electron chi connectivity index (χ1n) is 9.90. The molecule has 0 amide bonds. The topological polar surface area (TPSA) is 93.1 Å². The van der Waals surface area contributed by atoms with Gasteiger partial charge in [-0.25, -0.2) is 19.9 Å². The van der Waals surface area contributed by atoms with Gasteiger partial charge in [-0.2, -0.15) is 0 Å². The highest BCUT2D eigenvalue weighted by Gasteiger charge is 2.27. The Labute approximate surface area is 168 Å². The molecule has 3 aromatic rings. The van der Waals surface area contributed by atoms with E-state index in [1.807, 2.05) is 12.3 Å². The molecule has 0 aliphatic carbocycles. The standard InChI is InChI=1S/C20H22N8O/c1-3-17(29-12-1)18-15(16-14-21-6-7-22-16)13-25-20(26-18)28-10-8-27(9-11-28)19-23-4-2-5-24-19/h2,4-7,13-14,17H,1,3,8-12H2/t17-/m0/s1. The molecule has 0 N–H and O–H groups in total. The minimum Gasteiger partial charge on any atom is -0.372 e. The van der Waals surface area contributed by atoms with Crippen molar-refractivity contribution in [3.63, 3.8) is 0 Å². The van der Waals surface area contributed by atoms with Gasteiger partial charge in [-0.1, -0.05) is 0 Å². The van der Waals surface area contributed by atoms with Gasteiger partial charge < -0.3 is 14.5 Å². The first-order chi connectivity index (χ1) is 14.4. The Morgan fingerprint density at radius 2 is 1.62 bits per heavy atom. The summed E-state index contributed by atoms with van der Waals surface area (Å²) in [6.07, 6.45) is 12.5. The molecule has 5 rings (SSSR count). The van der Waals surface area contributed by atoms with Gasteiger partial charge in [0.05, 0.1) is 17.6 Å². The average molecular weight is 390 g/mol. The van der Waals surface area contributed by atoms with E-state index in [1.54, 1.807) is 31.0 Å². The van der Waals surface area contributed by atoms with Crippen molar-refractivity contribution in [2.24, 2.45) is 0 Å². The van der Waals surface area contributed by atoms with E-state index in [0.29, 0.717) is 0 Å². The third kappa shape index (κ3) is 3.73. The Bertz CT molecular complexity index is 941. The molecule has 0 saturated carbocycles. The fourth-order valence-corrected chi connectivity index (χ4v) is 3.77. The predicted molar refractivity (Wildman–Crippen MR) is 107 cm³/mol. The van der Waals surface area contributed by atoms with Crippen LogP contribution in [0.25, 0.3) is 11.3 Å². The zero-order valence-electron chi connectivity index (χ0n) is 16.1. The van der Waals surface area contributed by atoms with Crippen molar-refractivity contribution in [2.45, 2.75) is 18.9 Å². The molecule has 2 aliphatic heterocycles. The Morgan fingerprint density at radius 3 is 2.31 bits per heavy atom. The van der Waals surface area contributed by atoms with Gasteiger partial charge in [0.1, 0.15) is 6.10 Å². The summed E-state index contributed by atoms with van der Waals surface area (Å²) >= 11 is 0. The van der Waals surface area contributed by atoms with Crippen molar-refractivity contribution < 1.29 is 4.74 Å². The van der Waals surface area contributed by atoms with E-state index in [0.717, 1.165) is 74.5 Å². The van der Waals surface area contributed by atoms with E-state index in [9.17, 15) is 0 Å². The van der Waals surface area contributed by atoms with Crippen LogP contribution in [0.15, 0.2) is 43.2 Å². The average Bonchev–Trinajstić information content (AvgIpc) is 3.35. The Kier molecular flexibility index (Phi) is 4.95. The van der Waals surface area contributed by atoms with Gasteiger partial charge in [-0.15, -0.1) is 0 Å². The van der Waals surface area contributed by atoms with Gasteiger partial charge in [-0.05, 0) is 18.9 Å². The molecule has 0 unspecified atom stereocenters. The van der Waals surface area contributed by atoms with Gasteiger partial charge in [0.25, 0.3) is 0 Å². The molecule has 0 aromatic carbocycles. The van der Waals surface area contributed by atoms with Crippen molar-refractivity contribution in [2.75, 3.05) is 42.6 Å². The van der Waals surface area contributed by atoms with E-state index < -0.39 is 0 Å². The monoisotopic (exact) mass is 390 g/mol. The zero-order chi connectivity index (χ0) is 19.5. The van der Waals surface area contributed by atoms with E-state index in [2.05, 4.69) is 34.7 Å². The number of anilines is 2. The van der Waals surface area contributed by atoms with E-state index in [-0.39, 0.29) is 6.10 Å². The molecule has 5 heterocycles. The highest BCUT2D eigenvalue weighted by Crippen LogP contribution is 2.34. The van der Waals surface area contributed by atoms with Crippen molar-refractivity contribution in [1.29, 1.82) is 0 Å². The summed E-state index contributed by atoms with van der Waals surface area (Å²) in [4.78, 5) is 31.3. The lowest BCUT2D eigenvalue weighted by atomic mass is 10.1. The summed E-state index contributed by atoms with van der Waals surface area (Å²) in [6, 6.07) is 1.83. The van der Waals surface area contributed by atoms with Crippen LogP contribution in [0.2, 0.25) is 0 Å². The van der Waals surface area contributed by atoms with Crippen LogP contribution in [-0.2, 0) is 4.74 Å². The van der Waals surface area contributed by atoms with Crippen molar-refractivity contribution in [3.8, 4) is 11.3 Å². The first kappa shape index (κ1) is 17.9. The summed E-state index contributed by atoms with van der Waals surface area (Å²) < 4.78 is 5.94. The second-order valence-corrected chi connectivity index (χ2v) is 7.08. The van der Waals surface area contributed by atoms with Crippen LogP contribution in [0, 0.1) is 0 Å². The molecule has 9 heteroatoms. The van der Waals surface area contributed by atoms with Crippen LogP contribution in [0.1, 0.15) is 24.6 Å². The Hall–Kier alpha value is -3.20. The molecular formula is C20H22N8O. The van der Waals surface area contributed by atoms with Crippen molar-refractivity contribution in [3.05, 3.63) is 48.9 Å².